The van der Waals surface area contributed by atoms with Crippen molar-refractivity contribution in [1.29, 1.82) is 0 Å². The van der Waals surface area contributed by atoms with Crippen molar-refractivity contribution >= 4 is 40.7 Å². The summed E-state index contributed by atoms with van der Waals surface area (Å²) in [6.45, 7) is 0.391. The van der Waals surface area contributed by atoms with Gasteiger partial charge in [0, 0.05) is 12.4 Å². The Morgan fingerprint density at radius 2 is 1.86 bits per heavy atom. The van der Waals surface area contributed by atoms with Gasteiger partial charge in [0.1, 0.15) is 0 Å². The number of benzene rings is 1. The van der Waals surface area contributed by atoms with Crippen molar-refractivity contribution in [3.05, 3.63) is 33.8 Å². The van der Waals surface area contributed by atoms with Crippen LogP contribution in [0.1, 0.15) is 10.4 Å². The summed E-state index contributed by atoms with van der Waals surface area (Å²) in [6.07, 6.45) is 0. The molecule has 0 unspecified atom stereocenters. The molecule has 0 saturated carbocycles. The maximum absolute atomic E-state index is 11.5. The molecule has 0 aliphatic carbocycles. The average Bonchev–Trinajstić information content (AvgIpc) is 2.14. The molecule has 2 nitrogen and oxygen atoms in total. The van der Waals surface area contributed by atoms with Crippen LogP contribution in [0.15, 0.2) is 18.2 Å². The van der Waals surface area contributed by atoms with E-state index in [1.807, 2.05) is 0 Å². The molecule has 0 bridgehead atoms. The summed E-state index contributed by atoms with van der Waals surface area (Å²) in [5.74, 6) is 0.0506. The molecule has 0 heterocycles. The molecule has 1 amide bonds. The lowest BCUT2D eigenvalue weighted by molar-refractivity contribution is 0.0956. The number of alkyl halides is 1. The second-order valence-electron chi connectivity index (χ2n) is 2.54. The minimum absolute atomic E-state index is 0.293. The molecule has 0 aromatic heterocycles. The fourth-order valence-electron chi connectivity index (χ4n) is 0.964. The summed E-state index contributed by atoms with van der Waals surface area (Å²) in [6, 6.07) is 4.91. The molecule has 1 aromatic carbocycles. The Morgan fingerprint density at radius 1 is 1.29 bits per heavy atom. The van der Waals surface area contributed by atoms with E-state index in [0.29, 0.717) is 28.0 Å². The molecule has 1 aromatic rings. The molecular weight excluding hydrogens is 244 g/mol. The summed E-state index contributed by atoms with van der Waals surface area (Å²) in [5, 5.41) is 3.27. The number of halogens is 3. The molecule has 0 radical (unpaired) electrons. The highest BCUT2D eigenvalue weighted by molar-refractivity contribution is 6.39. The van der Waals surface area contributed by atoms with Crippen molar-refractivity contribution in [3.63, 3.8) is 0 Å². The van der Waals surface area contributed by atoms with Gasteiger partial charge in [0.05, 0.1) is 15.6 Å². The van der Waals surface area contributed by atoms with E-state index in [0.717, 1.165) is 0 Å². The first-order valence-electron chi connectivity index (χ1n) is 3.95. The van der Waals surface area contributed by atoms with E-state index in [-0.39, 0.29) is 5.91 Å². The molecule has 0 aliphatic rings. The third-order valence-corrected chi connectivity index (χ3v) is 2.39. The van der Waals surface area contributed by atoms with Gasteiger partial charge in [-0.25, -0.2) is 0 Å². The lowest BCUT2D eigenvalue weighted by Gasteiger charge is -2.06. The number of hydrogen-bond donors (Lipinski definition) is 1. The Balaban J connectivity index is 2.89. The minimum Gasteiger partial charge on any atom is -0.351 e. The van der Waals surface area contributed by atoms with E-state index < -0.39 is 0 Å². The number of hydrogen-bond acceptors (Lipinski definition) is 1. The summed E-state index contributed by atoms with van der Waals surface area (Å²) in [4.78, 5) is 11.5. The van der Waals surface area contributed by atoms with Gasteiger partial charge in [0.15, 0.2) is 0 Å². The van der Waals surface area contributed by atoms with E-state index in [4.69, 9.17) is 34.8 Å². The van der Waals surface area contributed by atoms with E-state index in [2.05, 4.69) is 5.32 Å². The largest absolute Gasteiger partial charge is 0.351 e. The van der Waals surface area contributed by atoms with Gasteiger partial charge in [0.25, 0.3) is 5.91 Å². The zero-order valence-corrected chi connectivity index (χ0v) is 9.46. The highest BCUT2D eigenvalue weighted by Crippen LogP contribution is 2.23. The second-order valence-corrected chi connectivity index (χ2v) is 3.73. The molecule has 14 heavy (non-hydrogen) atoms. The zero-order valence-electron chi connectivity index (χ0n) is 7.19. The van der Waals surface area contributed by atoms with Gasteiger partial charge in [-0.05, 0) is 12.1 Å². The predicted molar refractivity (Wildman–Crippen MR) is 59.5 cm³/mol. The van der Waals surface area contributed by atoms with Crippen molar-refractivity contribution in [2.75, 3.05) is 12.4 Å². The Labute approximate surface area is 97.1 Å². The van der Waals surface area contributed by atoms with Crippen LogP contribution in [0, 0.1) is 0 Å². The van der Waals surface area contributed by atoms with Crippen LogP contribution in [0.5, 0.6) is 0 Å². The quantitative estimate of drug-likeness (QED) is 0.824. The Morgan fingerprint density at radius 3 is 2.36 bits per heavy atom. The normalized spacial score (nSPS) is 9.93. The van der Waals surface area contributed by atoms with Crippen LogP contribution in [0.4, 0.5) is 0 Å². The van der Waals surface area contributed by atoms with Crippen molar-refractivity contribution in [2.24, 2.45) is 0 Å². The molecule has 0 saturated heterocycles. The topological polar surface area (TPSA) is 29.1 Å². The molecule has 0 atom stereocenters. The number of carbonyl (C=O) groups excluding carboxylic acids is 1. The molecule has 0 spiro atoms. The third kappa shape index (κ3) is 2.77. The van der Waals surface area contributed by atoms with Crippen LogP contribution in [0.3, 0.4) is 0 Å². The summed E-state index contributed by atoms with van der Waals surface area (Å²) in [7, 11) is 0. The number of carbonyl (C=O) groups is 1. The van der Waals surface area contributed by atoms with Crippen LogP contribution in [-0.2, 0) is 0 Å². The number of amides is 1. The minimum atomic E-state index is -0.304. The fraction of sp³-hybridized carbons (Fsp3) is 0.222. The van der Waals surface area contributed by atoms with Crippen LogP contribution in [0.25, 0.3) is 0 Å². The molecule has 5 heteroatoms. The van der Waals surface area contributed by atoms with E-state index >= 15 is 0 Å². The van der Waals surface area contributed by atoms with E-state index in [1.165, 1.54) is 0 Å². The first-order chi connectivity index (χ1) is 6.66. The Kier molecular flexibility index (Phi) is 4.52. The van der Waals surface area contributed by atoms with E-state index in [9.17, 15) is 4.79 Å². The molecule has 1 rings (SSSR count). The van der Waals surface area contributed by atoms with Gasteiger partial charge in [-0.1, -0.05) is 29.3 Å². The fourth-order valence-corrected chi connectivity index (χ4v) is 1.63. The Hall–Kier alpha value is -0.440. The number of nitrogens with one attached hydrogen (secondary N) is 1. The predicted octanol–water partition coefficient (Wildman–Crippen LogP) is 2.96. The van der Waals surface area contributed by atoms with E-state index in [1.54, 1.807) is 18.2 Å². The summed E-state index contributed by atoms with van der Waals surface area (Å²) in [5.41, 5.74) is 0.293. The molecular formula is C9H8Cl3NO. The first kappa shape index (κ1) is 11.6. The van der Waals surface area contributed by atoms with Gasteiger partial charge < -0.3 is 5.32 Å². The van der Waals surface area contributed by atoms with Crippen LogP contribution in [0.2, 0.25) is 10.0 Å². The lowest BCUT2D eigenvalue weighted by atomic mass is 10.2. The summed E-state index contributed by atoms with van der Waals surface area (Å²) >= 11 is 17.1. The van der Waals surface area contributed by atoms with Gasteiger partial charge in [0.2, 0.25) is 0 Å². The first-order valence-corrected chi connectivity index (χ1v) is 5.24. The smallest absolute Gasteiger partial charge is 0.254 e. The monoisotopic (exact) mass is 251 g/mol. The van der Waals surface area contributed by atoms with Crippen LogP contribution < -0.4 is 5.32 Å². The number of rotatable bonds is 3. The van der Waals surface area contributed by atoms with Gasteiger partial charge >= 0.3 is 0 Å². The second kappa shape index (κ2) is 5.44. The highest BCUT2D eigenvalue weighted by atomic mass is 35.5. The standard InChI is InChI=1S/C9H8Cl3NO/c10-4-5-13-9(14)8-6(11)2-1-3-7(8)12/h1-3H,4-5H2,(H,13,14). The van der Waals surface area contributed by atoms with Crippen LogP contribution >= 0.6 is 34.8 Å². The maximum atomic E-state index is 11.5. The molecule has 1 N–H and O–H groups in total. The maximum Gasteiger partial charge on any atom is 0.254 e. The summed E-state index contributed by atoms with van der Waals surface area (Å²) < 4.78 is 0. The van der Waals surface area contributed by atoms with Gasteiger partial charge in [-0.2, -0.15) is 0 Å². The zero-order chi connectivity index (χ0) is 10.6. The van der Waals surface area contributed by atoms with Crippen molar-refractivity contribution < 1.29 is 4.79 Å². The van der Waals surface area contributed by atoms with Gasteiger partial charge in [-0.15, -0.1) is 11.6 Å². The lowest BCUT2D eigenvalue weighted by Crippen LogP contribution is -2.25. The van der Waals surface area contributed by atoms with Crippen molar-refractivity contribution in [3.8, 4) is 0 Å². The molecule has 76 valence electrons. The van der Waals surface area contributed by atoms with Gasteiger partial charge in [-0.3, -0.25) is 4.79 Å². The SMILES string of the molecule is O=C(NCCCl)c1c(Cl)cccc1Cl. The van der Waals surface area contributed by atoms with Crippen LogP contribution in [-0.4, -0.2) is 18.3 Å². The van der Waals surface area contributed by atoms with Crippen molar-refractivity contribution in [2.45, 2.75) is 0 Å². The average molecular weight is 253 g/mol. The molecule has 0 fully saturated rings. The Bertz CT molecular complexity index is 321. The highest BCUT2D eigenvalue weighted by Gasteiger charge is 2.13. The molecule has 0 aliphatic heterocycles. The third-order valence-electron chi connectivity index (χ3n) is 1.57. The van der Waals surface area contributed by atoms with Crippen molar-refractivity contribution in [1.82, 2.24) is 5.32 Å².